The zero-order valence-electron chi connectivity index (χ0n) is 19.4. The van der Waals surface area contributed by atoms with Gasteiger partial charge in [-0.1, -0.05) is 31.6 Å². The van der Waals surface area contributed by atoms with Crippen LogP contribution < -0.4 is 0 Å². The first-order valence-corrected chi connectivity index (χ1v) is 11.7. The summed E-state index contributed by atoms with van der Waals surface area (Å²) in [5.41, 5.74) is -0.196. The van der Waals surface area contributed by atoms with Crippen LogP contribution in [-0.2, 0) is 23.9 Å². The molecule has 178 valence electrons. The van der Waals surface area contributed by atoms with Crippen LogP contribution in [0.5, 0.6) is 0 Å². The molecule has 2 fully saturated rings. The van der Waals surface area contributed by atoms with Crippen LogP contribution in [0.2, 0.25) is 0 Å². The molecule has 0 aromatic rings. The summed E-state index contributed by atoms with van der Waals surface area (Å²) in [6.45, 7) is 5.70. The van der Waals surface area contributed by atoms with Gasteiger partial charge >= 0.3 is 11.9 Å². The molecule has 7 nitrogen and oxygen atoms in total. The number of fused-ring (bicyclic) bond motifs is 5. The van der Waals surface area contributed by atoms with E-state index in [1.54, 1.807) is 12.2 Å². The first-order chi connectivity index (χ1) is 15.4. The lowest BCUT2D eigenvalue weighted by Crippen LogP contribution is -2.56. The number of carbonyl (C=O) groups is 4. The summed E-state index contributed by atoms with van der Waals surface area (Å²) in [6.07, 6.45) is 9.28. The molecule has 0 bridgehead atoms. The second kappa shape index (κ2) is 8.05. The largest absolute Gasteiger partial charge is 0.481 e. The van der Waals surface area contributed by atoms with Crippen molar-refractivity contribution < 1.29 is 34.1 Å². The topological polar surface area (TPSA) is 118 Å². The summed E-state index contributed by atoms with van der Waals surface area (Å²) in [5.74, 6) is -1.86. The molecule has 4 aliphatic carbocycles. The van der Waals surface area contributed by atoms with E-state index in [1.807, 2.05) is 13.0 Å². The fraction of sp³-hybridized carbons (Fsp3) is 0.615. The maximum atomic E-state index is 13.1. The fourth-order valence-corrected chi connectivity index (χ4v) is 6.94. The molecule has 7 heteroatoms. The number of aliphatic hydroxyl groups is 1. The normalized spacial score (nSPS) is 39.0. The van der Waals surface area contributed by atoms with Crippen LogP contribution in [0.4, 0.5) is 0 Å². The van der Waals surface area contributed by atoms with E-state index in [0.29, 0.717) is 19.3 Å². The van der Waals surface area contributed by atoms with E-state index < -0.39 is 35.3 Å². The van der Waals surface area contributed by atoms with Gasteiger partial charge < -0.3 is 14.9 Å². The molecule has 0 aromatic carbocycles. The summed E-state index contributed by atoms with van der Waals surface area (Å²) in [6, 6.07) is 0. The molecule has 2 N–H and O–H groups in total. The molecule has 4 aliphatic rings. The summed E-state index contributed by atoms with van der Waals surface area (Å²) < 4.78 is 5.00. The number of hydrogen-bond acceptors (Lipinski definition) is 6. The van der Waals surface area contributed by atoms with Gasteiger partial charge in [-0.3, -0.25) is 19.2 Å². The summed E-state index contributed by atoms with van der Waals surface area (Å²) in [7, 11) is 0. The average Bonchev–Trinajstić information content (AvgIpc) is 3.04. The van der Waals surface area contributed by atoms with E-state index in [4.69, 9.17) is 9.84 Å². The Morgan fingerprint density at radius 3 is 2.61 bits per heavy atom. The van der Waals surface area contributed by atoms with Gasteiger partial charge in [0, 0.05) is 10.8 Å². The van der Waals surface area contributed by atoms with Crippen LogP contribution in [0.15, 0.2) is 35.5 Å². The van der Waals surface area contributed by atoms with Crippen molar-refractivity contribution in [3.05, 3.63) is 35.5 Å². The number of ether oxygens (including phenoxy) is 1. The Balaban J connectivity index is 1.56. The predicted octanol–water partition coefficient (Wildman–Crippen LogP) is 3.17. The Bertz CT molecular complexity index is 1000. The minimum atomic E-state index is -1.61. The van der Waals surface area contributed by atoms with Crippen molar-refractivity contribution in [2.75, 3.05) is 6.61 Å². The van der Waals surface area contributed by atoms with Gasteiger partial charge in [-0.15, -0.1) is 0 Å². The molecule has 1 unspecified atom stereocenters. The standard InChI is InChI=1S/C26H32O7/c1-15-12-17-18(24(2)9-6-16(27)13-20(15)24)7-10-25(3)19(17)8-11-26(25,32)21(28)14-33-23(31)5-4-22(29)30/h6-7,9,13,15,17,19,32H,4-5,8,10-12,14H2,1-3H3,(H,29,30)/t15?,17-,19+,24-,25+,26+/m1/s1. The molecular weight excluding hydrogens is 424 g/mol. The molecule has 0 amide bonds. The van der Waals surface area contributed by atoms with Crippen LogP contribution in [-0.4, -0.2) is 45.9 Å². The lowest BCUT2D eigenvalue weighted by atomic mass is 9.49. The second-order valence-corrected chi connectivity index (χ2v) is 10.5. The second-order valence-electron chi connectivity index (χ2n) is 10.5. The van der Waals surface area contributed by atoms with Crippen molar-refractivity contribution in [2.24, 2.45) is 28.6 Å². The van der Waals surface area contributed by atoms with Crippen LogP contribution >= 0.6 is 0 Å². The molecule has 0 aromatic heterocycles. The Kier molecular flexibility index (Phi) is 5.76. The van der Waals surface area contributed by atoms with E-state index in [9.17, 15) is 24.3 Å². The van der Waals surface area contributed by atoms with Crippen molar-refractivity contribution in [2.45, 2.75) is 64.9 Å². The van der Waals surface area contributed by atoms with Crippen molar-refractivity contribution >= 4 is 23.5 Å². The third-order valence-electron chi connectivity index (χ3n) is 8.80. The molecule has 0 spiro atoms. The van der Waals surface area contributed by atoms with E-state index in [0.717, 1.165) is 12.0 Å². The Labute approximate surface area is 193 Å². The molecule has 0 aliphatic heterocycles. The molecule has 0 heterocycles. The highest BCUT2D eigenvalue weighted by atomic mass is 16.5. The Hall–Kier alpha value is -2.54. The third-order valence-corrected chi connectivity index (χ3v) is 8.80. The molecule has 2 saturated carbocycles. The molecule has 0 saturated heterocycles. The highest BCUT2D eigenvalue weighted by Gasteiger charge is 2.64. The van der Waals surface area contributed by atoms with E-state index in [1.165, 1.54) is 5.57 Å². The van der Waals surface area contributed by atoms with Gasteiger partial charge in [-0.2, -0.15) is 0 Å². The quantitative estimate of drug-likeness (QED) is 0.465. The van der Waals surface area contributed by atoms with Gasteiger partial charge in [0.25, 0.3) is 0 Å². The smallest absolute Gasteiger partial charge is 0.306 e. The predicted molar refractivity (Wildman–Crippen MR) is 119 cm³/mol. The van der Waals surface area contributed by atoms with Crippen LogP contribution in [0, 0.1) is 28.6 Å². The van der Waals surface area contributed by atoms with Gasteiger partial charge in [0.15, 0.2) is 12.4 Å². The molecule has 6 atom stereocenters. The maximum absolute atomic E-state index is 13.1. The molecule has 4 rings (SSSR count). The van der Waals surface area contributed by atoms with E-state index in [-0.39, 0.29) is 41.8 Å². The monoisotopic (exact) mass is 456 g/mol. The van der Waals surface area contributed by atoms with Crippen LogP contribution in [0.1, 0.15) is 59.3 Å². The lowest BCUT2D eigenvalue weighted by Gasteiger charge is -2.55. The minimum absolute atomic E-state index is 0.0211. The zero-order chi connectivity index (χ0) is 24.2. The minimum Gasteiger partial charge on any atom is -0.481 e. The number of carboxylic acids is 1. The van der Waals surface area contributed by atoms with Crippen LogP contribution in [0.3, 0.4) is 0 Å². The molecule has 0 radical (unpaired) electrons. The fourth-order valence-electron chi connectivity index (χ4n) is 6.94. The highest BCUT2D eigenvalue weighted by Crippen LogP contribution is 2.65. The number of hydrogen-bond donors (Lipinski definition) is 2. The zero-order valence-corrected chi connectivity index (χ0v) is 19.4. The number of rotatable bonds is 6. The summed E-state index contributed by atoms with van der Waals surface area (Å²) in [5, 5.41) is 20.3. The van der Waals surface area contributed by atoms with Gasteiger partial charge in [0.1, 0.15) is 5.60 Å². The van der Waals surface area contributed by atoms with Crippen LogP contribution in [0.25, 0.3) is 0 Å². The highest BCUT2D eigenvalue weighted by molar-refractivity contribution is 6.01. The van der Waals surface area contributed by atoms with E-state index in [2.05, 4.69) is 19.9 Å². The lowest BCUT2D eigenvalue weighted by molar-refractivity contribution is -0.164. The van der Waals surface area contributed by atoms with Gasteiger partial charge in [0.05, 0.1) is 12.8 Å². The SMILES string of the molecule is CC1C[C@@H]2C(=CC[C@@]3(C)[C@H]2CC[C@]3(O)C(=O)COC(=O)CCC(=O)O)[C@@]2(C)C=CC(=O)C=C12. The molecule has 33 heavy (non-hydrogen) atoms. The van der Waals surface area contributed by atoms with Crippen molar-refractivity contribution in [3.63, 3.8) is 0 Å². The average molecular weight is 457 g/mol. The van der Waals surface area contributed by atoms with Gasteiger partial charge in [-0.25, -0.2) is 0 Å². The van der Waals surface area contributed by atoms with Gasteiger partial charge in [-0.05, 0) is 68.1 Å². The summed E-state index contributed by atoms with van der Waals surface area (Å²) >= 11 is 0. The first kappa shape index (κ1) is 23.6. The van der Waals surface area contributed by atoms with Crippen molar-refractivity contribution in [1.29, 1.82) is 0 Å². The number of aliphatic carboxylic acids is 1. The number of Topliss-reactive ketones (excluding diaryl/α,β-unsaturated/α-hetero) is 1. The number of allylic oxidation sites excluding steroid dienone is 6. The number of carbonyl (C=O) groups excluding carboxylic acids is 3. The molecular formula is C26H32O7. The Morgan fingerprint density at radius 1 is 1.18 bits per heavy atom. The Morgan fingerprint density at radius 2 is 1.91 bits per heavy atom. The number of carboxylic acid groups (broad SMARTS) is 1. The van der Waals surface area contributed by atoms with Crippen molar-refractivity contribution in [3.8, 4) is 0 Å². The third kappa shape index (κ3) is 3.61. The first-order valence-electron chi connectivity index (χ1n) is 11.7. The number of esters is 1. The maximum Gasteiger partial charge on any atom is 0.306 e. The summed E-state index contributed by atoms with van der Waals surface area (Å²) in [4.78, 5) is 47.5. The van der Waals surface area contributed by atoms with E-state index >= 15 is 0 Å². The van der Waals surface area contributed by atoms with Crippen molar-refractivity contribution in [1.82, 2.24) is 0 Å². The van der Waals surface area contributed by atoms with Gasteiger partial charge in [0.2, 0.25) is 5.78 Å². The number of ketones is 2.